The van der Waals surface area contributed by atoms with Gasteiger partial charge in [-0.05, 0) is 36.4 Å². The van der Waals surface area contributed by atoms with Crippen LogP contribution in [0.4, 0.5) is 11.5 Å². The fourth-order valence-electron chi connectivity index (χ4n) is 1.72. The summed E-state index contributed by atoms with van der Waals surface area (Å²) in [5.41, 5.74) is 0.509. The van der Waals surface area contributed by atoms with Gasteiger partial charge in [0.15, 0.2) is 11.0 Å². The van der Waals surface area contributed by atoms with Gasteiger partial charge in [0.05, 0.1) is 10.6 Å². The Morgan fingerprint density at radius 3 is 2.52 bits per heavy atom. The standard InChI is InChI=1S/C15H15ClN4O3S2/c1-2-9-24-10-15(21)17-11-3-5-12(6-4-11)25(22,23)20-14-8-7-13(16)18-19-14/h2-8H,1,9-10H2,(H,17,21)(H,19,20). The zero-order valence-corrected chi connectivity index (χ0v) is 15.4. The normalized spacial score (nSPS) is 10.9. The summed E-state index contributed by atoms with van der Waals surface area (Å²) in [4.78, 5) is 11.7. The maximum Gasteiger partial charge on any atom is 0.263 e. The maximum absolute atomic E-state index is 12.3. The van der Waals surface area contributed by atoms with Gasteiger partial charge in [0.2, 0.25) is 5.91 Å². The second kappa shape index (κ2) is 8.84. The van der Waals surface area contributed by atoms with Crippen LogP contribution < -0.4 is 10.0 Å². The molecule has 25 heavy (non-hydrogen) atoms. The number of amides is 1. The number of carbonyl (C=O) groups excluding carboxylic acids is 1. The van der Waals surface area contributed by atoms with Gasteiger partial charge in [0, 0.05) is 11.4 Å². The van der Waals surface area contributed by atoms with Gasteiger partial charge in [-0.15, -0.1) is 28.5 Å². The first kappa shape index (κ1) is 19.2. The van der Waals surface area contributed by atoms with Crippen molar-refractivity contribution in [3.8, 4) is 0 Å². The van der Waals surface area contributed by atoms with Crippen molar-refractivity contribution < 1.29 is 13.2 Å². The van der Waals surface area contributed by atoms with E-state index in [2.05, 4.69) is 26.8 Å². The highest BCUT2D eigenvalue weighted by Crippen LogP contribution is 2.17. The highest BCUT2D eigenvalue weighted by molar-refractivity contribution is 8.00. The fourth-order valence-corrected chi connectivity index (χ4v) is 3.36. The Hall–Kier alpha value is -2.10. The highest BCUT2D eigenvalue weighted by Gasteiger charge is 2.15. The average Bonchev–Trinajstić information content (AvgIpc) is 2.57. The molecule has 132 valence electrons. The number of thioether (sulfide) groups is 1. The van der Waals surface area contributed by atoms with E-state index >= 15 is 0 Å². The van der Waals surface area contributed by atoms with Crippen LogP contribution >= 0.6 is 23.4 Å². The smallest absolute Gasteiger partial charge is 0.263 e. The molecule has 2 N–H and O–H groups in total. The topological polar surface area (TPSA) is 101 Å². The number of halogens is 1. The predicted octanol–water partition coefficient (Wildman–Crippen LogP) is 2.79. The van der Waals surface area contributed by atoms with Crippen molar-refractivity contribution >= 4 is 50.8 Å². The molecule has 0 saturated carbocycles. The monoisotopic (exact) mass is 398 g/mol. The lowest BCUT2D eigenvalue weighted by molar-refractivity contribution is -0.113. The van der Waals surface area contributed by atoms with Gasteiger partial charge >= 0.3 is 0 Å². The molecule has 0 fully saturated rings. The van der Waals surface area contributed by atoms with E-state index in [1.807, 2.05) is 0 Å². The molecular formula is C15H15ClN4O3S2. The molecule has 10 heteroatoms. The van der Waals surface area contributed by atoms with E-state index in [1.165, 1.54) is 48.2 Å². The second-order valence-corrected chi connectivity index (χ2v) is 7.82. The van der Waals surface area contributed by atoms with Crippen LogP contribution in [-0.2, 0) is 14.8 Å². The van der Waals surface area contributed by atoms with Crippen LogP contribution in [0.3, 0.4) is 0 Å². The number of hydrogen-bond donors (Lipinski definition) is 2. The van der Waals surface area contributed by atoms with E-state index in [-0.39, 0.29) is 21.8 Å². The van der Waals surface area contributed by atoms with Crippen molar-refractivity contribution in [3.63, 3.8) is 0 Å². The van der Waals surface area contributed by atoms with E-state index in [9.17, 15) is 13.2 Å². The fraction of sp³-hybridized carbons (Fsp3) is 0.133. The molecule has 0 aliphatic heterocycles. The van der Waals surface area contributed by atoms with Crippen LogP contribution in [0.5, 0.6) is 0 Å². The van der Waals surface area contributed by atoms with Crippen molar-refractivity contribution in [2.24, 2.45) is 0 Å². The summed E-state index contributed by atoms with van der Waals surface area (Å²) in [5.74, 6) is 0.866. The minimum absolute atomic E-state index is 0.0308. The van der Waals surface area contributed by atoms with Gasteiger partial charge in [-0.1, -0.05) is 17.7 Å². The minimum Gasteiger partial charge on any atom is -0.325 e. The van der Waals surface area contributed by atoms with E-state index in [0.29, 0.717) is 17.2 Å². The molecule has 0 saturated heterocycles. The summed E-state index contributed by atoms with van der Waals surface area (Å²) >= 11 is 7.04. The van der Waals surface area contributed by atoms with Crippen LogP contribution in [0.15, 0.2) is 53.9 Å². The zero-order valence-electron chi connectivity index (χ0n) is 13.0. The molecule has 1 aromatic carbocycles. The predicted molar refractivity (Wildman–Crippen MR) is 100 cm³/mol. The molecule has 2 aromatic rings. The van der Waals surface area contributed by atoms with Crippen LogP contribution in [0.2, 0.25) is 5.15 Å². The number of hydrogen-bond acceptors (Lipinski definition) is 6. The Bertz CT molecular complexity index is 840. The first-order valence-corrected chi connectivity index (χ1v) is 10.0. The summed E-state index contributed by atoms with van der Waals surface area (Å²) in [6, 6.07) is 8.63. The summed E-state index contributed by atoms with van der Waals surface area (Å²) < 4.78 is 26.9. The number of carbonyl (C=O) groups is 1. The average molecular weight is 399 g/mol. The third kappa shape index (κ3) is 6.04. The van der Waals surface area contributed by atoms with Crippen LogP contribution in [0, 0.1) is 0 Å². The van der Waals surface area contributed by atoms with Gasteiger partial charge in [0.1, 0.15) is 0 Å². The number of nitrogens with zero attached hydrogens (tertiary/aromatic N) is 2. The SMILES string of the molecule is C=CCSCC(=O)Nc1ccc(S(=O)(=O)Nc2ccc(Cl)nn2)cc1. The zero-order chi connectivity index (χ0) is 18.3. The second-order valence-electron chi connectivity index (χ2n) is 4.72. The molecule has 0 bridgehead atoms. The molecule has 0 radical (unpaired) electrons. The lowest BCUT2D eigenvalue weighted by atomic mass is 10.3. The van der Waals surface area contributed by atoms with Crippen molar-refractivity contribution in [1.82, 2.24) is 10.2 Å². The molecule has 0 unspecified atom stereocenters. The Morgan fingerprint density at radius 2 is 1.92 bits per heavy atom. The van der Waals surface area contributed by atoms with E-state index in [1.54, 1.807) is 6.08 Å². The summed E-state index contributed by atoms with van der Waals surface area (Å²) in [6.45, 7) is 3.58. The lowest BCUT2D eigenvalue weighted by Gasteiger charge is -2.08. The minimum atomic E-state index is -3.81. The summed E-state index contributed by atoms with van der Waals surface area (Å²) in [6.07, 6.45) is 1.72. The van der Waals surface area contributed by atoms with Gasteiger partial charge in [-0.2, -0.15) is 0 Å². The maximum atomic E-state index is 12.3. The third-order valence-electron chi connectivity index (χ3n) is 2.79. The molecule has 0 aliphatic carbocycles. The quantitative estimate of drug-likeness (QED) is 0.523. The van der Waals surface area contributed by atoms with Gasteiger partial charge in [0.25, 0.3) is 10.0 Å². The van der Waals surface area contributed by atoms with Crippen LogP contribution in [0.1, 0.15) is 0 Å². The molecule has 1 amide bonds. The molecule has 0 atom stereocenters. The van der Waals surface area contributed by atoms with Crippen molar-refractivity contribution in [2.75, 3.05) is 21.5 Å². The Kier molecular flexibility index (Phi) is 6.80. The number of anilines is 2. The van der Waals surface area contributed by atoms with Gasteiger partial charge < -0.3 is 5.32 Å². The Balaban J connectivity index is 2.01. The van der Waals surface area contributed by atoms with E-state index < -0.39 is 10.0 Å². The largest absolute Gasteiger partial charge is 0.325 e. The highest BCUT2D eigenvalue weighted by atomic mass is 35.5. The van der Waals surface area contributed by atoms with Crippen molar-refractivity contribution in [3.05, 3.63) is 54.2 Å². The summed E-state index contributed by atoms with van der Waals surface area (Å²) in [5, 5.41) is 10.1. The van der Waals surface area contributed by atoms with Gasteiger partial charge in [-0.25, -0.2) is 8.42 Å². The summed E-state index contributed by atoms with van der Waals surface area (Å²) in [7, 11) is -3.81. The first-order valence-electron chi connectivity index (χ1n) is 7.01. The molecule has 1 aromatic heterocycles. The number of nitrogens with one attached hydrogen (secondary N) is 2. The molecule has 0 spiro atoms. The van der Waals surface area contributed by atoms with E-state index in [4.69, 9.17) is 11.6 Å². The number of sulfonamides is 1. The Labute approximate surface area is 154 Å². The van der Waals surface area contributed by atoms with Crippen LogP contribution in [0.25, 0.3) is 0 Å². The number of rotatable bonds is 8. The first-order chi connectivity index (χ1) is 11.9. The Morgan fingerprint density at radius 1 is 1.20 bits per heavy atom. The van der Waals surface area contributed by atoms with Crippen LogP contribution in [-0.4, -0.2) is 36.0 Å². The van der Waals surface area contributed by atoms with E-state index in [0.717, 1.165) is 0 Å². The van der Waals surface area contributed by atoms with Crippen molar-refractivity contribution in [2.45, 2.75) is 4.90 Å². The number of aromatic nitrogens is 2. The molecule has 2 rings (SSSR count). The van der Waals surface area contributed by atoms with Crippen molar-refractivity contribution in [1.29, 1.82) is 0 Å². The molecule has 0 aliphatic rings. The third-order valence-corrected chi connectivity index (χ3v) is 5.30. The molecular weight excluding hydrogens is 384 g/mol. The van der Waals surface area contributed by atoms with Gasteiger partial charge in [-0.3, -0.25) is 9.52 Å². The number of benzene rings is 1. The molecule has 7 nitrogen and oxygen atoms in total. The molecule has 1 heterocycles. The lowest BCUT2D eigenvalue weighted by Crippen LogP contribution is -2.16.